The summed E-state index contributed by atoms with van der Waals surface area (Å²) < 4.78 is 11.4. The number of amides is 1. The molecule has 2 rings (SSSR count). The second-order valence-electron chi connectivity index (χ2n) is 4.89. The predicted molar refractivity (Wildman–Crippen MR) is 94.8 cm³/mol. The van der Waals surface area contributed by atoms with E-state index in [1.54, 1.807) is 24.3 Å². The van der Waals surface area contributed by atoms with Crippen LogP contribution in [0, 0.1) is 6.92 Å². The maximum atomic E-state index is 11.7. The van der Waals surface area contributed by atoms with Crippen molar-refractivity contribution in [1.29, 1.82) is 0 Å². The van der Waals surface area contributed by atoms with E-state index in [-0.39, 0.29) is 12.4 Å². The smallest absolute Gasteiger partial charge is 0.277 e. The van der Waals surface area contributed by atoms with Crippen LogP contribution in [0.1, 0.15) is 11.1 Å². The van der Waals surface area contributed by atoms with Gasteiger partial charge in [0, 0.05) is 10.0 Å². The SMILES string of the molecule is COc1cccc(C=NNC(=O)COc2ccc(Br)c(C)c2)c1O. The Morgan fingerprint density at radius 3 is 2.88 bits per heavy atom. The van der Waals surface area contributed by atoms with E-state index in [0.29, 0.717) is 17.1 Å². The first kappa shape index (κ1) is 17.8. The highest BCUT2D eigenvalue weighted by Gasteiger charge is 2.06. The van der Waals surface area contributed by atoms with Gasteiger partial charge in [0.1, 0.15) is 5.75 Å². The van der Waals surface area contributed by atoms with Gasteiger partial charge in [-0.1, -0.05) is 22.0 Å². The molecule has 126 valence electrons. The Morgan fingerprint density at radius 2 is 2.17 bits per heavy atom. The number of nitrogens with zero attached hydrogens (tertiary/aromatic N) is 1. The largest absolute Gasteiger partial charge is 0.504 e. The number of methoxy groups -OCH3 is 1. The second kappa shape index (κ2) is 8.35. The van der Waals surface area contributed by atoms with Crippen molar-refractivity contribution in [2.24, 2.45) is 5.10 Å². The predicted octanol–water partition coefficient (Wildman–Crippen LogP) is 3.00. The Morgan fingerprint density at radius 1 is 1.38 bits per heavy atom. The molecule has 0 bridgehead atoms. The molecule has 2 aromatic carbocycles. The maximum Gasteiger partial charge on any atom is 0.277 e. The van der Waals surface area contributed by atoms with E-state index in [9.17, 15) is 9.90 Å². The van der Waals surface area contributed by atoms with Crippen LogP contribution in [0.5, 0.6) is 17.2 Å². The third kappa shape index (κ3) is 4.73. The van der Waals surface area contributed by atoms with Gasteiger partial charge in [-0.15, -0.1) is 0 Å². The summed E-state index contributed by atoms with van der Waals surface area (Å²) in [6.45, 7) is 1.77. The average Bonchev–Trinajstić information content (AvgIpc) is 2.57. The lowest BCUT2D eigenvalue weighted by Gasteiger charge is -2.07. The molecule has 6 nitrogen and oxygen atoms in total. The Bertz CT molecular complexity index is 762. The van der Waals surface area contributed by atoms with Crippen LogP contribution in [0.25, 0.3) is 0 Å². The Labute approximate surface area is 148 Å². The zero-order valence-corrected chi connectivity index (χ0v) is 14.8. The third-order valence-corrected chi connectivity index (χ3v) is 4.03. The number of rotatable bonds is 6. The molecule has 0 heterocycles. The summed E-state index contributed by atoms with van der Waals surface area (Å²) in [6.07, 6.45) is 1.33. The summed E-state index contributed by atoms with van der Waals surface area (Å²) in [5.41, 5.74) is 3.78. The third-order valence-electron chi connectivity index (χ3n) is 3.14. The van der Waals surface area contributed by atoms with Crippen molar-refractivity contribution in [2.45, 2.75) is 6.92 Å². The molecule has 0 radical (unpaired) electrons. The number of hydrogen-bond donors (Lipinski definition) is 2. The van der Waals surface area contributed by atoms with E-state index in [2.05, 4.69) is 26.5 Å². The van der Waals surface area contributed by atoms with Gasteiger partial charge in [0.05, 0.1) is 13.3 Å². The maximum absolute atomic E-state index is 11.7. The number of phenolic OH excluding ortho intramolecular Hbond substituents is 1. The molecule has 0 spiro atoms. The van der Waals surface area contributed by atoms with Crippen LogP contribution in [0.4, 0.5) is 0 Å². The molecule has 0 atom stereocenters. The minimum Gasteiger partial charge on any atom is -0.504 e. The average molecular weight is 393 g/mol. The highest BCUT2D eigenvalue weighted by Crippen LogP contribution is 2.27. The van der Waals surface area contributed by atoms with Crippen molar-refractivity contribution in [3.05, 3.63) is 52.0 Å². The molecule has 7 heteroatoms. The quantitative estimate of drug-likeness (QED) is 0.584. The molecule has 0 saturated carbocycles. The topological polar surface area (TPSA) is 80.2 Å². The number of carbonyl (C=O) groups is 1. The molecular formula is C17H17BrN2O4. The van der Waals surface area contributed by atoms with Gasteiger partial charge in [0.15, 0.2) is 18.1 Å². The van der Waals surface area contributed by atoms with Crippen LogP contribution in [0.3, 0.4) is 0 Å². The Hall–Kier alpha value is -2.54. The number of aryl methyl sites for hydroxylation is 1. The number of carbonyl (C=O) groups excluding carboxylic acids is 1. The van der Waals surface area contributed by atoms with Crippen LogP contribution in [0.15, 0.2) is 46.0 Å². The van der Waals surface area contributed by atoms with Gasteiger partial charge in [-0.3, -0.25) is 4.79 Å². The van der Waals surface area contributed by atoms with Crippen LogP contribution >= 0.6 is 15.9 Å². The van der Waals surface area contributed by atoms with Crippen LogP contribution < -0.4 is 14.9 Å². The van der Waals surface area contributed by atoms with Crippen molar-refractivity contribution >= 4 is 28.1 Å². The number of aromatic hydroxyl groups is 1. The first-order valence-corrected chi connectivity index (χ1v) is 7.87. The van der Waals surface area contributed by atoms with Gasteiger partial charge in [0.2, 0.25) is 0 Å². The van der Waals surface area contributed by atoms with Crippen molar-refractivity contribution < 1.29 is 19.4 Å². The van der Waals surface area contributed by atoms with E-state index in [1.807, 2.05) is 19.1 Å². The van der Waals surface area contributed by atoms with Gasteiger partial charge in [-0.25, -0.2) is 5.43 Å². The molecule has 2 N–H and O–H groups in total. The summed E-state index contributed by atoms with van der Waals surface area (Å²) in [4.78, 5) is 11.7. The fourth-order valence-electron chi connectivity index (χ4n) is 1.87. The van der Waals surface area contributed by atoms with E-state index in [0.717, 1.165) is 10.0 Å². The molecule has 0 aliphatic carbocycles. The highest BCUT2D eigenvalue weighted by atomic mass is 79.9. The number of ether oxygens (including phenoxy) is 2. The molecular weight excluding hydrogens is 376 g/mol. The van der Waals surface area contributed by atoms with E-state index in [4.69, 9.17) is 9.47 Å². The minimum absolute atomic E-state index is 0.0420. The lowest BCUT2D eigenvalue weighted by molar-refractivity contribution is -0.123. The van der Waals surface area contributed by atoms with Crippen molar-refractivity contribution in [3.8, 4) is 17.2 Å². The zero-order valence-electron chi connectivity index (χ0n) is 13.2. The molecule has 0 aliphatic rings. The number of halogens is 1. The summed E-state index contributed by atoms with van der Waals surface area (Å²) in [5, 5.41) is 13.7. The first-order valence-electron chi connectivity index (χ1n) is 7.08. The van der Waals surface area contributed by atoms with E-state index >= 15 is 0 Å². The lowest BCUT2D eigenvalue weighted by atomic mass is 10.2. The molecule has 0 unspecified atom stereocenters. The van der Waals surface area contributed by atoms with Crippen molar-refractivity contribution in [1.82, 2.24) is 5.43 Å². The fraction of sp³-hybridized carbons (Fsp3) is 0.176. The van der Waals surface area contributed by atoms with E-state index < -0.39 is 5.91 Å². The number of nitrogens with one attached hydrogen (secondary N) is 1. The Kier molecular flexibility index (Phi) is 6.20. The number of phenols is 1. The fourth-order valence-corrected chi connectivity index (χ4v) is 2.12. The zero-order chi connectivity index (χ0) is 17.5. The van der Waals surface area contributed by atoms with Crippen molar-refractivity contribution in [2.75, 3.05) is 13.7 Å². The standard InChI is InChI=1S/C17H17BrN2O4/c1-11-8-13(6-7-14(11)18)24-10-16(21)20-19-9-12-4-3-5-15(23-2)17(12)22/h3-9,22H,10H2,1-2H3,(H,20,21). The summed E-state index contributed by atoms with van der Waals surface area (Å²) in [5.74, 6) is 0.480. The lowest BCUT2D eigenvalue weighted by Crippen LogP contribution is -2.24. The Balaban J connectivity index is 1.88. The van der Waals surface area contributed by atoms with Gasteiger partial charge in [0.25, 0.3) is 5.91 Å². The number of benzene rings is 2. The molecule has 24 heavy (non-hydrogen) atoms. The van der Waals surface area contributed by atoms with Crippen LogP contribution in [0.2, 0.25) is 0 Å². The molecule has 0 aliphatic heterocycles. The van der Waals surface area contributed by atoms with Crippen molar-refractivity contribution in [3.63, 3.8) is 0 Å². The van der Waals surface area contributed by atoms with Crippen LogP contribution in [-0.4, -0.2) is 30.9 Å². The first-order chi connectivity index (χ1) is 11.5. The minimum atomic E-state index is -0.408. The molecule has 0 fully saturated rings. The molecule has 0 aromatic heterocycles. The number of para-hydroxylation sites is 1. The number of hydrazone groups is 1. The monoisotopic (exact) mass is 392 g/mol. The molecule has 2 aromatic rings. The summed E-state index contributed by atoms with van der Waals surface area (Å²) >= 11 is 3.40. The second-order valence-corrected chi connectivity index (χ2v) is 5.75. The van der Waals surface area contributed by atoms with E-state index in [1.165, 1.54) is 13.3 Å². The number of hydrogen-bond acceptors (Lipinski definition) is 5. The van der Waals surface area contributed by atoms with Gasteiger partial charge in [-0.05, 0) is 42.8 Å². The van der Waals surface area contributed by atoms with Gasteiger partial charge >= 0.3 is 0 Å². The van der Waals surface area contributed by atoms with Crippen LogP contribution in [-0.2, 0) is 4.79 Å². The summed E-state index contributed by atoms with van der Waals surface area (Å²) in [6, 6.07) is 10.4. The normalized spacial score (nSPS) is 10.6. The van der Waals surface area contributed by atoms with Gasteiger partial charge in [-0.2, -0.15) is 5.10 Å². The highest BCUT2D eigenvalue weighted by molar-refractivity contribution is 9.10. The molecule has 1 amide bonds. The van der Waals surface area contributed by atoms with Gasteiger partial charge < -0.3 is 14.6 Å². The molecule has 0 saturated heterocycles. The summed E-state index contributed by atoms with van der Waals surface area (Å²) in [7, 11) is 1.46.